The number of ether oxygens (including phenoxy) is 1. The van der Waals surface area contributed by atoms with Crippen molar-refractivity contribution in [3.8, 4) is 0 Å². The molecule has 1 aromatic rings. The number of nitrogens with zero attached hydrogens (tertiary/aromatic N) is 4. The Labute approximate surface area is 124 Å². The molecule has 118 valence electrons. The highest BCUT2D eigenvalue weighted by molar-refractivity contribution is 5.00. The van der Waals surface area contributed by atoms with Crippen LogP contribution in [0.3, 0.4) is 0 Å². The molecule has 1 saturated heterocycles. The lowest BCUT2D eigenvalue weighted by atomic mass is 10.3. The zero-order chi connectivity index (χ0) is 14.7. The number of rotatable bonds is 7. The summed E-state index contributed by atoms with van der Waals surface area (Å²) in [5.74, 6) is 1.90. The highest BCUT2D eigenvalue weighted by Crippen LogP contribution is 2.39. The van der Waals surface area contributed by atoms with Gasteiger partial charge in [-0.15, -0.1) is 10.2 Å². The average molecular weight is 296 g/mol. The summed E-state index contributed by atoms with van der Waals surface area (Å²) in [5, 5.41) is 18.3. The molecule has 7 heteroatoms. The van der Waals surface area contributed by atoms with Crippen LogP contribution in [-0.2, 0) is 11.3 Å². The van der Waals surface area contributed by atoms with E-state index in [0.29, 0.717) is 31.4 Å². The Balaban J connectivity index is 1.40. The first kappa shape index (κ1) is 14.9. The molecule has 7 nitrogen and oxygen atoms in total. The summed E-state index contributed by atoms with van der Waals surface area (Å²) < 4.78 is 10.9. The summed E-state index contributed by atoms with van der Waals surface area (Å²) >= 11 is 0. The van der Waals surface area contributed by atoms with Crippen LogP contribution in [0.1, 0.15) is 30.5 Å². The monoisotopic (exact) mass is 296 g/mol. The fraction of sp³-hybridized carbons (Fsp3) is 0.857. The largest absolute Gasteiger partial charge is 0.424 e. The van der Waals surface area contributed by atoms with Gasteiger partial charge in [0.05, 0.1) is 25.9 Å². The smallest absolute Gasteiger partial charge is 0.230 e. The Morgan fingerprint density at radius 3 is 2.81 bits per heavy atom. The Morgan fingerprint density at radius 1 is 1.33 bits per heavy atom. The van der Waals surface area contributed by atoms with Gasteiger partial charge in [0.25, 0.3) is 0 Å². The van der Waals surface area contributed by atoms with E-state index in [1.54, 1.807) is 0 Å². The van der Waals surface area contributed by atoms with Gasteiger partial charge in [-0.05, 0) is 19.9 Å². The van der Waals surface area contributed by atoms with Crippen molar-refractivity contribution in [2.24, 2.45) is 0 Å². The van der Waals surface area contributed by atoms with E-state index in [1.165, 1.54) is 0 Å². The molecular formula is C14H24N4O3. The second-order valence-corrected chi connectivity index (χ2v) is 6.07. The van der Waals surface area contributed by atoms with Gasteiger partial charge in [-0.25, -0.2) is 0 Å². The van der Waals surface area contributed by atoms with Crippen LogP contribution in [0.4, 0.5) is 0 Å². The van der Waals surface area contributed by atoms with E-state index in [4.69, 9.17) is 9.15 Å². The molecule has 1 unspecified atom stereocenters. The van der Waals surface area contributed by atoms with Crippen LogP contribution in [-0.4, -0.2) is 77.6 Å². The number of likely N-dealkylation sites (N-methyl/N-ethyl adjacent to an activating group) is 1. The minimum Gasteiger partial charge on any atom is -0.424 e. The number of β-amino-alcohol motifs (C(OH)–C–C–N with tert-alkyl or cyclic N) is 1. The number of morpholine rings is 1. The second-order valence-electron chi connectivity index (χ2n) is 6.07. The highest BCUT2D eigenvalue weighted by atomic mass is 16.5. The van der Waals surface area contributed by atoms with Gasteiger partial charge in [0, 0.05) is 32.1 Å². The Bertz CT molecular complexity index is 443. The lowest BCUT2D eigenvalue weighted by molar-refractivity contribution is 0.00781. The van der Waals surface area contributed by atoms with Crippen LogP contribution in [0.15, 0.2) is 4.42 Å². The van der Waals surface area contributed by atoms with Crippen molar-refractivity contribution in [2.75, 3.05) is 46.4 Å². The third-order valence-electron chi connectivity index (χ3n) is 3.91. The molecule has 0 spiro atoms. The molecule has 1 aromatic heterocycles. The summed E-state index contributed by atoms with van der Waals surface area (Å²) in [5.41, 5.74) is 0. The minimum absolute atomic E-state index is 0.376. The van der Waals surface area contributed by atoms with E-state index in [9.17, 15) is 5.11 Å². The van der Waals surface area contributed by atoms with Gasteiger partial charge < -0.3 is 14.3 Å². The molecule has 1 atom stereocenters. The standard InChI is InChI=1S/C14H24N4O3/c1-17(8-12(19)9-18-4-6-20-7-5-18)10-13-15-16-14(21-13)11-2-3-11/h11-12,19H,2-10H2,1H3. The van der Waals surface area contributed by atoms with Gasteiger partial charge in [-0.1, -0.05) is 0 Å². The van der Waals surface area contributed by atoms with Crippen molar-refractivity contribution in [2.45, 2.75) is 31.4 Å². The third kappa shape index (κ3) is 4.47. The van der Waals surface area contributed by atoms with E-state index in [1.807, 2.05) is 11.9 Å². The molecule has 0 aromatic carbocycles. The van der Waals surface area contributed by atoms with Gasteiger partial charge in [0.15, 0.2) is 0 Å². The average Bonchev–Trinajstić information content (AvgIpc) is 3.20. The molecule has 2 aliphatic rings. The van der Waals surface area contributed by atoms with Crippen molar-refractivity contribution in [3.05, 3.63) is 11.8 Å². The summed E-state index contributed by atoms with van der Waals surface area (Å²) in [6, 6.07) is 0. The third-order valence-corrected chi connectivity index (χ3v) is 3.91. The van der Waals surface area contributed by atoms with E-state index in [0.717, 1.165) is 45.0 Å². The van der Waals surface area contributed by atoms with E-state index in [2.05, 4.69) is 15.1 Å². The zero-order valence-electron chi connectivity index (χ0n) is 12.6. The van der Waals surface area contributed by atoms with E-state index in [-0.39, 0.29) is 6.10 Å². The minimum atomic E-state index is -0.376. The first-order valence-corrected chi connectivity index (χ1v) is 7.69. The molecule has 0 bridgehead atoms. The number of hydrogen-bond acceptors (Lipinski definition) is 7. The quantitative estimate of drug-likeness (QED) is 0.763. The van der Waals surface area contributed by atoms with Crippen molar-refractivity contribution in [1.29, 1.82) is 0 Å². The van der Waals surface area contributed by atoms with Crippen LogP contribution < -0.4 is 0 Å². The van der Waals surface area contributed by atoms with Crippen LogP contribution >= 0.6 is 0 Å². The van der Waals surface area contributed by atoms with Gasteiger partial charge in [-0.3, -0.25) is 9.80 Å². The number of aromatic nitrogens is 2. The summed E-state index contributed by atoms with van der Waals surface area (Å²) in [6.07, 6.45) is 1.95. The Hall–Kier alpha value is -1.02. The van der Waals surface area contributed by atoms with Crippen LogP contribution in [0, 0.1) is 0 Å². The lowest BCUT2D eigenvalue weighted by Gasteiger charge is -2.29. The molecule has 1 aliphatic heterocycles. The predicted octanol–water partition coefficient (Wildman–Crippen LogP) is 0.0719. The van der Waals surface area contributed by atoms with Crippen molar-refractivity contribution >= 4 is 0 Å². The second kappa shape index (κ2) is 6.83. The SMILES string of the molecule is CN(Cc1nnc(C2CC2)o1)CC(O)CN1CCOCC1. The van der Waals surface area contributed by atoms with Gasteiger partial charge in [0.2, 0.25) is 11.8 Å². The Kier molecular flexibility index (Phi) is 4.84. The predicted molar refractivity (Wildman–Crippen MR) is 75.9 cm³/mol. The van der Waals surface area contributed by atoms with Crippen LogP contribution in [0.5, 0.6) is 0 Å². The molecule has 3 rings (SSSR count). The number of hydrogen-bond donors (Lipinski definition) is 1. The highest BCUT2D eigenvalue weighted by Gasteiger charge is 2.29. The van der Waals surface area contributed by atoms with Crippen LogP contribution in [0.25, 0.3) is 0 Å². The first-order chi connectivity index (χ1) is 10.2. The summed E-state index contributed by atoms with van der Waals surface area (Å²) in [6.45, 7) is 5.18. The first-order valence-electron chi connectivity index (χ1n) is 7.69. The molecule has 1 saturated carbocycles. The van der Waals surface area contributed by atoms with Gasteiger partial charge in [0.1, 0.15) is 0 Å². The maximum atomic E-state index is 10.2. The molecule has 1 N–H and O–H groups in total. The topological polar surface area (TPSA) is 74.9 Å². The van der Waals surface area contributed by atoms with Gasteiger partial charge >= 0.3 is 0 Å². The maximum Gasteiger partial charge on any atom is 0.230 e. The molecule has 2 heterocycles. The molecule has 1 aliphatic carbocycles. The fourth-order valence-corrected chi connectivity index (χ4v) is 2.62. The fourth-order valence-electron chi connectivity index (χ4n) is 2.62. The van der Waals surface area contributed by atoms with Gasteiger partial charge in [-0.2, -0.15) is 0 Å². The van der Waals surface area contributed by atoms with Crippen molar-refractivity contribution < 1.29 is 14.3 Å². The van der Waals surface area contributed by atoms with Crippen molar-refractivity contribution in [3.63, 3.8) is 0 Å². The maximum absolute atomic E-state index is 10.2. The molecule has 0 amide bonds. The molecule has 2 fully saturated rings. The number of aliphatic hydroxyl groups is 1. The van der Waals surface area contributed by atoms with Crippen LogP contribution in [0.2, 0.25) is 0 Å². The molecule has 0 radical (unpaired) electrons. The normalized spacial score (nSPS) is 21.9. The summed E-state index contributed by atoms with van der Waals surface area (Å²) in [4.78, 5) is 4.26. The molecule has 21 heavy (non-hydrogen) atoms. The van der Waals surface area contributed by atoms with E-state index >= 15 is 0 Å². The summed E-state index contributed by atoms with van der Waals surface area (Å²) in [7, 11) is 1.96. The number of aliphatic hydroxyl groups excluding tert-OH is 1. The van der Waals surface area contributed by atoms with E-state index < -0.39 is 0 Å². The lowest BCUT2D eigenvalue weighted by Crippen LogP contribution is -2.43. The Morgan fingerprint density at radius 2 is 2.10 bits per heavy atom. The van der Waals surface area contributed by atoms with Crippen molar-refractivity contribution in [1.82, 2.24) is 20.0 Å². The molecular weight excluding hydrogens is 272 g/mol. The zero-order valence-corrected chi connectivity index (χ0v) is 12.6.